The van der Waals surface area contributed by atoms with Gasteiger partial charge in [0.1, 0.15) is 22.9 Å². The predicted octanol–water partition coefficient (Wildman–Crippen LogP) is 4.91. The fraction of sp³-hybridized carbons (Fsp3) is 0.375. The number of nitrogens with one attached hydrogen (secondary N) is 1. The first-order valence-electron chi connectivity index (χ1n) is 14.6. The molecule has 1 aromatic carbocycles. The molecule has 1 atom stereocenters. The Morgan fingerprint density at radius 2 is 1.98 bits per heavy atom. The van der Waals surface area contributed by atoms with Gasteiger partial charge in [0.05, 0.1) is 41.5 Å². The zero-order chi connectivity index (χ0) is 30.3. The van der Waals surface area contributed by atoms with Crippen molar-refractivity contribution < 1.29 is 23.8 Å². The molecule has 11 heteroatoms. The van der Waals surface area contributed by atoms with Gasteiger partial charge >= 0.3 is 0 Å². The van der Waals surface area contributed by atoms with Gasteiger partial charge in [0, 0.05) is 28.8 Å². The van der Waals surface area contributed by atoms with Crippen molar-refractivity contribution in [3.63, 3.8) is 0 Å². The molecule has 6 rings (SSSR count). The van der Waals surface area contributed by atoms with Gasteiger partial charge in [-0.25, -0.2) is 13.9 Å². The molecule has 3 aromatic heterocycles. The number of amides is 2. The Bertz CT molecular complexity index is 1720. The molecule has 3 heterocycles. The summed E-state index contributed by atoms with van der Waals surface area (Å²) in [5, 5.41) is 19.7. The number of fused-ring (bicyclic) bond motifs is 1. The van der Waals surface area contributed by atoms with Gasteiger partial charge in [0.15, 0.2) is 0 Å². The topological polar surface area (TPSA) is 132 Å². The van der Waals surface area contributed by atoms with E-state index in [1.165, 1.54) is 12.1 Å². The minimum atomic E-state index is -1.58. The smallest absolute Gasteiger partial charge is 0.251 e. The van der Waals surface area contributed by atoms with E-state index in [1.807, 2.05) is 6.07 Å². The molecular formula is C32H33ClFN5O4. The van der Waals surface area contributed by atoms with Gasteiger partial charge in [-0.1, -0.05) is 24.1 Å². The molecule has 2 aliphatic rings. The summed E-state index contributed by atoms with van der Waals surface area (Å²) in [7, 11) is 0. The van der Waals surface area contributed by atoms with Crippen LogP contribution in [0.2, 0.25) is 5.02 Å². The summed E-state index contributed by atoms with van der Waals surface area (Å²) in [5.74, 6) is -1.04. The quantitative estimate of drug-likeness (QED) is 0.223. The van der Waals surface area contributed by atoms with Crippen LogP contribution in [0.25, 0.3) is 16.8 Å². The Balaban J connectivity index is 1.36. The lowest BCUT2D eigenvalue weighted by molar-refractivity contribution is -0.117. The highest BCUT2D eigenvalue weighted by Crippen LogP contribution is 2.44. The lowest BCUT2D eigenvalue weighted by Crippen LogP contribution is -2.49. The number of carbonyl (C=O) groups excluding carboxylic acids is 2. The predicted molar refractivity (Wildman–Crippen MR) is 159 cm³/mol. The lowest BCUT2D eigenvalue weighted by atomic mass is 9.70. The lowest BCUT2D eigenvalue weighted by Gasteiger charge is -2.41. The van der Waals surface area contributed by atoms with Crippen molar-refractivity contribution in [2.45, 2.75) is 57.0 Å². The summed E-state index contributed by atoms with van der Waals surface area (Å²) in [6.07, 6.45) is 6.21. The Hall–Kier alpha value is -4.02. The first kappa shape index (κ1) is 29.1. The average molecular weight is 606 g/mol. The van der Waals surface area contributed by atoms with Gasteiger partial charge in [0.25, 0.3) is 5.91 Å². The number of aromatic nitrogens is 3. The summed E-state index contributed by atoms with van der Waals surface area (Å²) in [6, 6.07) is 11.3. The number of pyridine rings is 2. The number of hydrogen-bond acceptors (Lipinski definition) is 6. The molecule has 2 aliphatic carbocycles. The molecule has 2 amide bonds. The van der Waals surface area contributed by atoms with E-state index in [0.29, 0.717) is 22.6 Å². The van der Waals surface area contributed by atoms with Gasteiger partial charge in [-0.05, 0) is 74.9 Å². The molecule has 0 bridgehead atoms. The Morgan fingerprint density at radius 3 is 2.63 bits per heavy atom. The molecule has 43 heavy (non-hydrogen) atoms. The van der Waals surface area contributed by atoms with E-state index < -0.39 is 17.3 Å². The molecule has 4 aromatic rings. The monoisotopic (exact) mass is 605 g/mol. The van der Waals surface area contributed by atoms with E-state index in [0.717, 1.165) is 43.3 Å². The van der Waals surface area contributed by atoms with Crippen molar-refractivity contribution in [2.75, 3.05) is 13.2 Å². The van der Waals surface area contributed by atoms with E-state index in [9.17, 15) is 19.1 Å². The molecule has 9 nitrogen and oxygen atoms in total. The highest BCUT2D eigenvalue weighted by molar-refractivity contribution is 6.30. The van der Waals surface area contributed by atoms with Crippen LogP contribution in [0.4, 0.5) is 4.39 Å². The van der Waals surface area contributed by atoms with E-state index in [1.54, 1.807) is 41.9 Å². The number of nitrogens with two attached hydrogens (primary N) is 1. The van der Waals surface area contributed by atoms with E-state index in [-0.39, 0.29) is 53.6 Å². The molecule has 224 valence electrons. The minimum absolute atomic E-state index is 0.0539. The summed E-state index contributed by atoms with van der Waals surface area (Å²) >= 11 is 5.94. The second-order valence-corrected chi connectivity index (χ2v) is 11.8. The first-order chi connectivity index (χ1) is 20.7. The van der Waals surface area contributed by atoms with Crippen LogP contribution in [0.5, 0.6) is 5.75 Å². The fourth-order valence-corrected chi connectivity index (χ4v) is 5.77. The number of benzene rings is 1. The second-order valence-electron chi connectivity index (χ2n) is 11.4. The minimum Gasteiger partial charge on any atom is -0.491 e. The van der Waals surface area contributed by atoms with Gasteiger partial charge in [-0.15, -0.1) is 0 Å². The third kappa shape index (κ3) is 5.81. The largest absolute Gasteiger partial charge is 0.491 e. The zero-order valence-electron chi connectivity index (χ0n) is 23.8. The summed E-state index contributed by atoms with van der Waals surface area (Å²) in [4.78, 5) is 30.2. The van der Waals surface area contributed by atoms with Crippen molar-refractivity contribution in [1.82, 2.24) is 19.9 Å². The molecule has 0 radical (unpaired) electrons. The van der Waals surface area contributed by atoms with Crippen molar-refractivity contribution in [1.29, 1.82) is 0 Å². The van der Waals surface area contributed by atoms with E-state index in [4.69, 9.17) is 27.1 Å². The van der Waals surface area contributed by atoms with Crippen LogP contribution in [-0.4, -0.2) is 44.7 Å². The number of aliphatic hydroxyl groups is 1. The number of carbonyl (C=O) groups is 2. The van der Waals surface area contributed by atoms with Crippen LogP contribution in [-0.2, 0) is 16.8 Å². The van der Waals surface area contributed by atoms with Crippen molar-refractivity contribution in [3.8, 4) is 17.0 Å². The van der Waals surface area contributed by atoms with Crippen LogP contribution >= 0.6 is 11.6 Å². The normalized spacial score (nSPS) is 16.5. The van der Waals surface area contributed by atoms with Crippen molar-refractivity contribution >= 4 is 28.9 Å². The van der Waals surface area contributed by atoms with Gasteiger partial charge in [-0.3, -0.25) is 9.59 Å². The maximum atomic E-state index is 14.6. The van der Waals surface area contributed by atoms with Gasteiger partial charge in [0.2, 0.25) is 5.91 Å². The molecule has 4 N–H and O–H groups in total. The SMILES string of the molecule is CCOc1c(CC(N)=O)cc([C@@](O)(CNC(=O)c2ccn3nc(C4CC4)cc3c2)C2CCC2)nc1-c1ccc(Cl)c(F)c1. The molecule has 0 saturated heterocycles. The molecule has 0 aliphatic heterocycles. The second kappa shape index (κ2) is 11.6. The fourth-order valence-electron chi connectivity index (χ4n) is 5.65. The van der Waals surface area contributed by atoms with Crippen LogP contribution < -0.4 is 15.8 Å². The molecule has 2 fully saturated rings. The van der Waals surface area contributed by atoms with E-state index in [2.05, 4.69) is 10.4 Å². The average Bonchev–Trinajstić information content (AvgIpc) is 3.71. The number of rotatable bonds is 11. The maximum absolute atomic E-state index is 14.6. The Labute approximate surface area is 253 Å². The third-order valence-corrected chi connectivity index (χ3v) is 8.69. The van der Waals surface area contributed by atoms with Crippen LogP contribution in [0.15, 0.2) is 48.7 Å². The Morgan fingerprint density at radius 1 is 1.19 bits per heavy atom. The molecular weight excluding hydrogens is 573 g/mol. The Kier molecular flexibility index (Phi) is 7.83. The number of nitrogens with zero attached hydrogens (tertiary/aromatic N) is 3. The number of hydrogen-bond donors (Lipinski definition) is 3. The van der Waals surface area contributed by atoms with Crippen LogP contribution in [0.1, 0.15) is 72.3 Å². The van der Waals surface area contributed by atoms with E-state index >= 15 is 0 Å². The van der Waals surface area contributed by atoms with Crippen LogP contribution in [0.3, 0.4) is 0 Å². The standard InChI is InChI=1S/C32H33ClFN5O4/c1-2-43-30-21(15-28(35)40)14-27(37-29(30)19-8-9-24(33)25(34)13-19)32(42,22-4-3-5-22)17-36-31(41)20-10-11-39-23(12-20)16-26(38-39)18-6-7-18/h8-14,16,18,22,42H,2-7,15,17H2,1H3,(H2,35,40)(H,36,41)/t32-/m1/s1. The number of primary amides is 1. The van der Waals surface area contributed by atoms with Crippen molar-refractivity contribution in [3.05, 3.63) is 82.0 Å². The summed E-state index contributed by atoms with van der Waals surface area (Å²) in [6.45, 7) is 1.91. The zero-order valence-corrected chi connectivity index (χ0v) is 24.5. The van der Waals surface area contributed by atoms with Crippen molar-refractivity contribution in [2.24, 2.45) is 11.7 Å². The first-order valence-corrected chi connectivity index (χ1v) is 14.9. The maximum Gasteiger partial charge on any atom is 0.251 e. The third-order valence-electron chi connectivity index (χ3n) is 8.38. The molecule has 0 spiro atoms. The molecule has 0 unspecified atom stereocenters. The number of ether oxygens (including phenoxy) is 1. The molecule has 2 saturated carbocycles. The van der Waals surface area contributed by atoms with Crippen LogP contribution in [0, 0.1) is 11.7 Å². The summed E-state index contributed by atoms with van der Waals surface area (Å²) < 4.78 is 22.2. The number of halogens is 2. The summed E-state index contributed by atoms with van der Waals surface area (Å²) in [5.41, 5.74) is 7.55. The van der Waals surface area contributed by atoms with Gasteiger partial charge < -0.3 is 20.9 Å². The highest BCUT2D eigenvalue weighted by Gasteiger charge is 2.44. The highest BCUT2D eigenvalue weighted by atomic mass is 35.5. The van der Waals surface area contributed by atoms with Gasteiger partial charge in [-0.2, -0.15) is 5.10 Å².